The zero-order valence-corrected chi connectivity index (χ0v) is 15.4. The SMILES string of the molecule is CC(=O)c1cn(CCOc2cc(C)ccc2C(C)C)c2ccccc12. The standard InChI is InChI=1S/C22H25NO2/c1-15(2)18-10-9-16(3)13-22(18)25-12-11-23-14-20(17(4)24)19-7-5-6-8-21(19)23/h5-10,13-15H,11-12H2,1-4H3. The van der Waals surface area contributed by atoms with Crippen LogP contribution < -0.4 is 4.74 Å². The first kappa shape index (κ1) is 17.3. The van der Waals surface area contributed by atoms with E-state index in [1.807, 2.05) is 30.5 Å². The fraction of sp³-hybridized carbons (Fsp3) is 0.318. The highest BCUT2D eigenvalue weighted by Gasteiger charge is 2.12. The van der Waals surface area contributed by atoms with Crippen molar-refractivity contribution in [3.63, 3.8) is 0 Å². The van der Waals surface area contributed by atoms with Gasteiger partial charge in [0.2, 0.25) is 0 Å². The maximum Gasteiger partial charge on any atom is 0.161 e. The van der Waals surface area contributed by atoms with Gasteiger partial charge in [0.25, 0.3) is 0 Å². The third-order valence-electron chi connectivity index (χ3n) is 4.55. The Morgan fingerprint density at radius 2 is 1.92 bits per heavy atom. The molecule has 130 valence electrons. The number of ether oxygens (including phenoxy) is 1. The number of aryl methyl sites for hydroxylation is 1. The Morgan fingerprint density at radius 1 is 1.16 bits per heavy atom. The number of hydrogen-bond donors (Lipinski definition) is 0. The zero-order chi connectivity index (χ0) is 18.0. The predicted octanol–water partition coefficient (Wildman–Crippen LogP) is 5.35. The number of aromatic nitrogens is 1. The van der Waals surface area contributed by atoms with Crippen LogP contribution in [0.3, 0.4) is 0 Å². The number of nitrogens with zero attached hydrogens (tertiary/aromatic N) is 1. The van der Waals surface area contributed by atoms with E-state index in [1.54, 1.807) is 6.92 Å². The van der Waals surface area contributed by atoms with Crippen molar-refractivity contribution < 1.29 is 9.53 Å². The summed E-state index contributed by atoms with van der Waals surface area (Å²) in [5.74, 6) is 1.47. The predicted molar refractivity (Wildman–Crippen MR) is 103 cm³/mol. The number of benzene rings is 2. The van der Waals surface area contributed by atoms with Crippen LogP contribution in [0.4, 0.5) is 0 Å². The largest absolute Gasteiger partial charge is 0.491 e. The Bertz CT molecular complexity index is 906. The van der Waals surface area contributed by atoms with Crippen LogP contribution in [0.2, 0.25) is 0 Å². The van der Waals surface area contributed by atoms with Crippen LogP contribution in [0.15, 0.2) is 48.7 Å². The second-order valence-electron chi connectivity index (χ2n) is 6.85. The quantitative estimate of drug-likeness (QED) is 0.568. The van der Waals surface area contributed by atoms with Gasteiger partial charge >= 0.3 is 0 Å². The van der Waals surface area contributed by atoms with Crippen molar-refractivity contribution in [2.75, 3.05) is 6.61 Å². The summed E-state index contributed by atoms with van der Waals surface area (Å²) in [5.41, 5.74) is 4.27. The lowest BCUT2D eigenvalue weighted by Gasteiger charge is -2.15. The van der Waals surface area contributed by atoms with Crippen LogP contribution in [-0.2, 0) is 6.54 Å². The third-order valence-corrected chi connectivity index (χ3v) is 4.55. The molecule has 0 radical (unpaired) electrons. The first-order chi connectivity index (χ1) is 12.0. The van der Waals surface area contributed by atoms with E-state index >= 15 is 0 Å². The first-order valence-corrected chi connectivity index (χ1v) is 8.79. The molecule has 3 aromatic rings. The summed E-state index contributed by atoms with van der Waals surface area (Å²) in [6, 6.07) is 14.4. The molecule has 3 rings (SSSR count). The van der Waals surface area contributed by atoms with Crippen LogP contribution in [0.5, 0.6) is 5.75 Å². The van der Waals surface area contributed by atoms with E-state index in [0.29, 0.717) is 19.1 Å². The minimum atomic E-state index is 0.0941. The fourth-order valence-corrected chi connectivity index (χ4v) is 3.21. The molecule has 0 unspecified atom stereocenters. The van der Waals surface area contributed by atoms with E-state index in [9.17, 15) is 4.79 Å². The molecule has 0 bridgehead atoms. The molecule has 0 N–H and O–H groups in total. The van der Waals surface area contributed by atoms with Gasteiger partial charge < -0.3 is 9.30 Å². The molecule has 0 saturated heterocycles. The van der Waals surface area contributed by atoms with Gasteiger partial charge in [0, 0.05) is 22.7 Å². The Hall–Kier alpha value is -2.55. The molecule has 0 aliphatic heterocycles. The molecule has 0 aliphatic carbocycles. The van der Waals surface area contributed by atoms with E-state index in [2.05, 4.69) is 43.5 Å². The lowest BCUT2D eigenvalue weighted by atomic mass is 10.0. The highest BCUT2D eigenvalue weighted by atomic mass is 16.5. The van der Waals surface area contributed by atoms with Crippen LogP contribution in [-0.4, -0.2) is 17.0 Å². The number of ketones is 1. The minimum Gasteiger partial charge on any atom is -0.491 e. The van der Waals surface area contributed by atoms with Gasteiger partial charge in [0.1, 0.15) is 12.4 Å². The average molecular weight is 335 g/mol. The highest BCUT2D eigenvalue weighted by molar-refractivity contribution is 6.06. The number of carbonyl (C=O) groups is 1. The molecule has 3 heteroatoms. The van der Waals surface area contributed by atoms with Gasteiger partial charge in [-0.25, -0.2) is 0 Å². The maximum atomic E-state index is 11.9. The van der Waals surface area contributed by atoms with Crippen molar-refractivity contribution in [3.05, 3.63) is 65.4 Å². The van der Waals surface area contributed by atoms with Crippen LogP contribution >= 0.6 is 0 Å². The van der Waals surface area contributed by atoms with Gasteiger partial charge in [-0.05, 0) is 43.0 Å². The molecule has 3 nitrogen and oxygen atoms in total. The monoisotopic (exact) mass is 335 g/mol. The van der Waals surface area contributed by atoms with Crippen molar-refractivity contribution in [2.24, 2.45) is 0 Å². The molecule has 25 heavy (non-hydrogen) atoms. The van der Waals surface area contributed by atoms with E-state index in [1.165, 1.54) is 11.1 Å². The van der Waals surface area contributed by atoms with Gasteiger partial charge in [0.15, 0.2) is 5.78 Å². The fourth-order valence-electron chi connectivity index (χ4n) is 3.21. The van der Waals surface area contributed by atoms with E-state index in [0.717, 1.165) is 22.2 Å². The molecule has 0 atom stereocenters. The number of Topliss-reactive ketones (excluding diaryl/α,β-unsaturated/α-hetero) is 1. The molecule has 0 spiro atoms. The van der Waals surface area contributed by atoms with E-state index in [4.69, 9.17) is 4.74 Å². The van der Waals surface area contributed by atoms with Gasteiger partial charge in [0.05, 0.1) is 6.54 Å². The Balaban J connectivity index is 1.81. The Morgan fingerprint density at radius 3 is 2.64 bits per heavy atom. The highest BCUT2D eigenvalue weighted by Crippen LogP contribution is 2.28. The zero-order valence-electron chi connectivity index (χ0n) is 15.4. The van der Waals surface area contributed by atoms with Crippen LogP contribution in [0.1, 0.15) is 48.2 Å². The average Bonchev–Trinajstić information content (AvgIpc) is 2.94. The van der Waals surface area contributed by atoms with Crippen molar-refractivity contribution in [2.45, 2.75) is 40.2 Å². The molecule has 1 aromatic heterocycles. The first-order valence-electron chi connectivity index (χ1n) is 8.79. The summed E-state index contributed by atoms with van der Waals surface area (Å²) in [7, 11) is 0. The number of hydrogen-bond acceptors (Lipinski definition) is 2. The summed E-state index contributed by atoms with van der Waals surface area (Å²) >= 11 is 0. The normalized spacial score (nSPS) is 11.2. The minimum absolute atomic E-state index is 0.0941. The van der Waals surface area contributed by atoms with Gasteiger partial charge in [-0.3, -0.25) is 4.79 Å². The van der Waals surface area contributed by atoms with Crippen LogP contribution in [0.25, 0.3) is 10.9 Å². The lowest BCUT2D eigenvalue weighted by Crippen LogP contribution is -2.09. The molecule has 2 aromatic carbocycles. The summed E-state index contributed by atoms with van der Waals surface area (Å²) in [6.07, 6.45) is 1.94. The van der Waals surface area contributed by atoms with Crippen molar-refractivity contribution >= 4 is 16.7 Å². The van der Waals surface area contributed by atoms with E-state index < -0.39 is 0 Å². The molecular formula is C22H25NO2. The summed E-state index contributed by atoms with van der Waals surface area (Å²) in [6.45, 7) is 9.32. The molecule has 0 saturated carbocycles. The van der Waals surface area contributed by atoms with Gasteiger partial charge in [-0.15, -0.1) is 0 Å². The molecule has 0 aliphatic rings. The van der Waals surface area contributed by atoms with E-state index in [-0.39, 0.29) is 5.78 Å². The Kier molecular flexibility index (Phi) is 4.93. The summed E-state index contributed by atoms with van der Waals surface area (Å²) in [4.78, 5) is 11.9. The number of rotatable bonds is 6. The molecular weight excluding hydrogens is 310 g/mol. The molecule has 0 fully saturated rings. The lowest BCUT2D eigenvalue weighted by molar-refractivity contribution is 0.101. The van der Waals surface area contributed by atoms with Gasteiger partial charge in [-0.1, -0.05) is 44.2 Å². The summed E-state index contributed by atoms with van der Waals surface area (Å²) in [5, 5.41) is 1.01. The Labute approximate surface area is 149 Å². The number of carbonyl (C=O) groups excluding carboxylic acids is 1. The van der Waals surface area contributed by atoms with Crippen molar-refractivity contribution in [1.82, 2.24) is 4.57 Å². The molecule has 1 heterocycles. The molecule has 0 amide bonds. The maximum absolute atomic E-state index is 11.9. The number of fused-ring (bicyclic) bond motifs is 1. The van der Waals surface area contributed by atoms with Crippen molar-refractivity contribution in [3.8, 4) is 5.75 Å². The second-order valence-corrected chi connectivity index (χ2v) is 6.85. The second kappa shape index (κ2) is 7.14. The number of para-hydroxylation sites is 1. The smallest absolute Gasteiger partial charge is 0.161 e. The third kappa shape index (κ3) is 3.60. The van der Waals surface area contributed by atoms with Crippen molar-refractivity contribution in [1.29, 1.82) is 0 Å². The van der Waals surface area contributed by atoms with Crippen LogP contribution in [0, 0.1) is 6.92 Å². The summed E-state index contributed by atoms with van der Waals surface area (Å²) < 4.78 is 8.20. The van der Waals surface area contributed by atoms with Gasteiger partial charge in [-0.2, -0.15) is 0 Å². The topological polar surface area (TPSA) is 31.2 Å².